The fraction of sp³-hybridized carbons (Fsp3) is 1.00. The molecular formula is C7H15BN2. The van der Waals surface area contributed by atoms with Gasteiger partial charge in [-0.25, -0.2) is 0 Å². The largest absolute Gasteiger partial charge is 0.341 e. The van der Waals surface area contributed by atoms with E-state index in [1.807, 2.05) is 0 Å². The van der Waals surface area contributed by atoms with Crippen molar-refractivity contribution in [3.05, 3.63) is 0 Å². The van der Waals surface area contributed by atoms with Crippen LogP contribution in [0, 0.1) is 0 Å². The van der Waals surface area contributed by atoms with Crippen molar-refractivity contribution in [2.45, 2.75) is 25.4 Å². The van der Waals surface area contributed by atoms with Gasteiger partial charge in [-0.05, 0) is 13.0 Å². The lowest BCUT2D eigenvalue weighted by Crippen LogP contribution is -2.67. The first kappa shape index (κ1) is 6.68. The molecule has 3 heterocycles. The molecule has 0 N–H and O–H groups in total. The van der Waals surface area contributed by atoms with E-state index in [0.29, 0.717) is 0 Å². The van der Waals surface area contributed by atoms with Crippen LogP contribution < -0.4 is 0 Å². The summed E-state index contributed by atoms with van der Waals surface area (Å²) < 4.78 is 0. The van der Waals surface area contributed by atoms with E-state index in [-0.39, 0.29) is 0 Å². The van der Waals surface area contributed by atoms with Gasteiger partial charge in [0.05, 0.1) is 0 Å². The highest BCUT2D eigenvalue weighted by atomic mass is 15.3. The van der Waals surface area contributed by atoms with Crippen LogP contribution in [0.5, 0.6) is 0 Å². The maximum Gasteiger partial charge on any atom is 0.186 e. The molecule has 0 spiro atoms. The van der Waals surface area contributed by atoms with Crippen LogP contribution in [0.15, 0.2) is 0 Å². The average Bonchev–Trinajstić information content (AvgIpc) is 2.04. The van der Waals surface area contributed by atoms with Crippen LogP contribution in [-0.2, 0) is 0 Å². The Hall–Kier alpha value is -0.0151. The molecule has 0 amide bonds. The van der Waals surface area contributed by atoms with Gasteiger partial charge in [0.25, 0.3) is 0 Å². The molecule has 0 radical (unpaired) electrons. The van der Waals surface area contributed by atoms with E-state index < -0.39 is 0 Å². The fourth-order valence-electron chi connectivity index (χ4n) is 2.14. The molecule has 2 nitrogen and oxygen atoms in total. The maximum absolute atomic E-state index is 2.55. The third-order valence-electron chi connectivity index (χ3n) is 3.08. The van der Waals surface area contributed by atoms with E-state index >= 15 is 0 Å². The number of rotatable bonds is 1. The first-order valence-electron chi connectivity index (χ1n) is 4.25. The summed E-state index contributed by atoms with van der Waals surface area (Å²) in [5.41, 5.74) is 0. The number of piperazine rings is 1. The minimum Gasteiger partial charge on any atom is -0.341 e. The number of hydrogen-bond donors (Lipinski definition) is 0. The van der Waals surface area contributed by atoms with Gasteiger partial charge in [-0.15, -0.1) is 0 Å². The Morgan fingerprint density at radius 1 is 1.40 bits per heavy atom. The molecule has 56 valence electrons. The van der Waals surface area contributed by atoms with Gasteiger partial charge < -0.3 is 9.71 Å². The molecule has 0 aromatic rings. The highest BCUT2D eigenvalue weighted by Gasteiger charge is 2.40. The van der Waals surface area contributed by atoms with E-state index in [2.05, 4.69) is 24.6 Å². The molecule has 3 heteroatoms. The zero-order valence-electron chi connectivity index (χ0n) is 6.88. The van der Waals surface area contributed by atoms with Crippen LogP contribution in [0.3, 0.4) is 0 Å². The predicted octanol–water partition coefficient (Wildman–Crippen LogP) is -0.687. The number of fused-ring (bicyclic) bond motifs is 2. The normalized spacial score (nSPS) is 41.3. The summed E-state index contributed by atoms with van der Waals surface area (Å²) >= 11 is 0. The average molecular weight is 138 g/mol. The Kier molecular flexibility index (Phi) is 1.50. The smallest absolute Gasteiger partial charge is 0.186 e. The van der Waals surface area contributed by atoms with E-state index in [1.165, 1.54) is 26.1 Å². The van der Waals surface area contributed by atoms with Crippen molar-refractivity contribution in [2.75, 3.05) is 19.6 Å². The van der Waals surface area contributed by atoms with Gasteiger partial charge in [0.15, 0.2) is 7.98 Å². The molecule has 2 unspecified atom stereocenters. The van der Waals surface area contributed by atoms with Crippen molar-refractivity contribution in [3.8, 4) is 0 Å². The van der Waals surface area contributed by atoms with Gasteiger partial charge in [0, 0.05) is 25.2 Å². The van der Waals surface area contributed by atoms with E-state index in [4.69, 9.17) is 0 Å². The standard InChI is InChI=1S/C7H15BN2/c1-2-9-4-6-3-7(5-9)10(6)8/h6-7H,2-5,8H2,1H3. The molecule has 0 aromatic heterocycles. The van der Waals surface area contributed by atoms with Crippen LogP contribution in [0.2, 0.25) is 0 Å². The zero-order chi connectivity index (χ0) is 7.14. The lowest BCUT2D eigenvalue weighted by molar-refractivity contribution is -0.00348. The molecule has 3 rings (SSSR count). The molecular weight excluding hydrogens is 123 g/mol. The molecule has 0 aliphatic carbocycles. The monoisotopic (exact) mass is 138 g/mol. The predicted molar refractivity (Wildman–Crippen MR) is 44.7 cm³/mol. The number of nitrogens with zero attached hydrogens (tertiary/aromatic N) is 2. The third kappa shape index (κ3) is 0.806. The van der Waals surface area contributed by atoms with E-state index in [1.54, 1.807) is 0 Å². The minimum atomic E-state index is 0.888. The third-order valence-corrected chi connectivity index (χ3v) is 3.08. The van der Waals surface area contributed by atoms with Gasteiger partial charge in [-0.1, -0.05) is 6.92 Å². The summed E-state index contributed by atoms with van der Waals surface area (Å²) in [4.78, 5) is 5.07. The molecule has 3 aliphatic rings. The first-order chi connectivity index (χ1) is 4.81. The second-order valence-electron chi connectivity index (χ2n) is 3.56. The lowest BCUT2D eigenvalue weighted by atomic mass is 9.84. The number of piperidine rings is 1. The summed E-state index contributed by atoms with van der Waals surface area (Å²) in [5, 5.41) is 0. The molecule has 3 fully saturated rings. The minimum absolute atomic E-state index is 0.888. The summed E-state index contributed by atoms with van der Waals surface area (Å²) in [5.74, 6) is 0. The van der Waals surface area contributed by atoms with Gasteiger partial charge in [0.1, 0.15) is 0 Å². The summed E-state index contributed by atoms with van der Waals surface area (Å²) in [6.45, 7) is 6.11. The fourth-order valence-corrected chi connectivity index (χ4v) is 2.14. The highest BCUT2D eigenvalue weighted by molar-refractivity contribution is 6.05. The van der Waals surface area contributed by atoms with Crippen molar-refractivity contribution >= 4 is 7.98 Å². The lowest BCUT2D eigenvalue weighted by Gasteiger charge is -2.55. The summed E-state index contributed by atoms with van der Waals surface area (Å²) in [6.07, 6.45) is 1.45. The van der Waals surface area contributed by atoms with Gasteiger partial charge >= 0.3 is 0 Å². The van der Waals surface area contributed by atoms with Crippen molar-refractivity contribution in [1.29, 1.82) is 0 Å². The van der Waals surface area contributed by atoms with Crippen LogP contribution in [0.25, 0.3) is 0 Å². The molecule has 10 heavy (non-hydrogen) atoms. The van der Waals surface area contributed by atoms with Crippen molar-refractivity contribution in [1.82, 2.24) is 9.71 Å². The Labute approximate surface area is 63.6 Å². The molecule has 2 bridgehead atoms. The quantitative estimate of drug-likeness (QED) is 0.442. The second-order valence-corrected chi connectivity index (χ2v) is 3.56. The Morgan fingerprint density at radius 2 is 2.00 bits per heavy atom. The zero-order valence-corrected chi connectivity index (χ0v) is 6.88. The molecule has 2 atom stereocenters. The van der Waals surface area contributed by atoms with Crippen LogP contribution >= 0.6 is 0 Å². The number of likely N-dealkylation sites (N-methyl/N-ethyl adjacent to an activating group) is 1. The SMILES string of the molecule is BN1C2CC1CN(CC)C2. The van der Waals surface area contributed by atoms with Crippen LogP contribution in [0.4, 0.5) is 0 Å². The Bertz CT molecular complexity index is 128. The molecule has 3 saturated heterocycles. The van der Waals surface area contributed by atoms with Crippen LogP contribution in [-0.4, -0.2) is 49.4 Å². The molecule has 0 saturated carbocycles. The van der Waals surface area contributed by atoms with Crippen molar-refractivity contribution in [3.63, 3.8) is 0 Å². The van der Waals surface area contributed by atoms with Crippen LogP contribution in [0.1, 0.15) is 13.3 Å². The van der Waals surface area contributed by atoms with Gasteiger partial charge in [-0.3, -0.25) is 0 Å². The van der Waals surface area contributed by atoms with Gasteiger partial charge in [-0.2, -0.15) is 0 Å². The van der Waals surface area contributed by atoms with Gasteiger partial charge in [0.2, 0.25) is 0 Å². The van der Waals surface area contributed by atoms with E-state index in [9.17, 15) is 0 Å². The topological polar surface area (TPSA) is 6.48 Å². The highest BCUT2D eigenvalue weighted by Crippen LogP contribution is 2.29. The summed E-state index contributed by atoms with van der Waals surface area (Å²) in [7, 11) is 2.26. The molecule has 0 aromatic carbocycles. The second kappa shape index (κ2) is 2.24. The first-order valence-corrected chi connectivity index (χ1v) is 4.25. The van der Waals surface area contributed by atoms with Crippen molar-refractivity contribution in [2.24, 2.45) is 0 Å². The maximum atomic E-state index is 2.55. The van der Waals surface area contributed by atoms with E-state index in [0.717, 1.165) is 12.1 Å². The molecule has 3 aliphatic heterocycles. The Balaban J connectivity index is 1.93. The number of hydrogen-bond acceptors (Lipinski definition) is 2. The summed E-state index contributed by atoms with van der Waals surface area (Å²) in [6, 6.07) is 1.78. The Morgan fingerprint density at radius 3 is 2.40 bits per heavy atom. The van der Waals surface area contributed by atoms with Crippen molar-refractivity contribution < 1.29 is 0 Å².